The highest BCUT2D eigenvalue weighted by molar-refractivity contribution is 5.82. The van der Waals surface area contributed by atoms with Crippen molar-refractivity contribution in [3.8, 4) is 0 Å². The first-order valence-corrected chi connectivity index (χ1v) is 9.69. The molecule has 138 valence electrons. The summed E-state index contributed by atoms with van der Waals surface area (Å²) in [6, 6.07) is 21.2. The molecule has 3 aromatic rings. The van der Waals surface area contributed by atoms with Gasteiger partial charge in [0, 0.05) is 36.6 Å². The van der Waals surface area contributed by atoms with Gasteiger partial charge in [-0.05, 0) is 36.2 Å². The molecule has 0 spiro atoms. The third-order valence-electron chi connectivity index (χ3n) is 6.57. The van der Waals surface area contributed by atoms with Crippen LogP contribution in [0.5, 0.6) is 0 Å². The molecule has 2 N–H and O–H groups in total. The Kier molecular flexibility index (Phi) is 4.01. The average Bonchev–Trinajstić information content (AvgIpc) is 3.24. The molecule has 0 amide bonds. The summed E-state index contributed by atoms with van der Waals surface area (Å²) in [6.07, 6.45) is 1.85. The van der Waals surface area contributed by atoms with Crippen LogP contribution in [0.15, 0.2) is 66.9 Å². The van der Waals surface area contributed by atoms with E-state index in [4.69, 9.17) is 0 Å². The van der Waals surface area contributed by atoms with Gasteiger partial charge in [-0.25, -0.2) is 0 Å². The molecular weight excluding hydrogens is 334 g/mol. The number of aliphatic hydroxyl groups excluding tert-OH is 1. The summed E-state index contributed by atoms with van der Waals surface area (Å²) < 4.78 is 0. The number of nitrogens with one attached hydrogen (secondary N) is 1. The third kappa shape index (κ3) is 2.52. The molecule has 0 unspecified atom stereocenters. The topological polar surface area (TPSA) is 48.4 Å². The normalized spacial score (nSPS) is 30.7. The summed E-state index contributed by atoms with van der Waals surface area (Å²) in [4.78, 5) is 6.94. The Morgan fingerprint density at radius 1 is 1.07 bits per heavy atom. The second-order valence-electron chi connectivity index (χ2n) is 8.03. The highest BCUT2D eigenvalue weighted by Gasteiger charge is 2.57. The van der Waals surface area contributed by atoms with Crippen LogP contribution < -0.4 is 5.32 Å². The van der Waals surface area contributed by atoms with E-state index in [2.05, 4.69) is 70.8 Å². The number of hydrogen-bond donors (Lipinski definition) is 2. The number of nitrogens with zero attached hydrogens (tertiary/aromatic N) is 2. The standard InChI is InChI=1S/C23H25N3O/c1-26-13-19-20(14-26)23(15-27,16-7-3-2-4-8-16)25-22(19)18-9-5-11-21-17(18)10-6-12-24-21/h2-12,19-20,22,25,27H,13-15H2,1H3/t19-,20+,22-,23-/m1/s1. The Labute approximate surface area is 159 Å². The highest BCUT2D eigenvalue weighted by atomic mass is 16.3. The predicted molar refractivity (Wildman–Crippen MR) is 107 cm³/mol. The second-order valence-corrected chi connectivity index (χ2v) is 8.03. The van der Waals surface area contributed by atoms with Gasteiger partial charge < -0.3 is 10.0 Å². The maximum atomic E-state index is 10.6. The third-order valence-corrected chi connectivity index (χ3v) is 6.57. The van der Waals surface area contributed by atoms with Gasteiger partial charge in [-0.1, -0.05) is 48.5 Å². The van der Waals surface area contributed by atoms with Gasteiger partial charge >= 0.3 is 0 Å². The largest absolute Gasteiger partial charge is 0.394 e. The van der Waals surface area contributed by atoms with E-state index in [-0.39, 0.29) is 12.6 Å². The van der Waals surface area contributed by atoms with Crippen molar-refractivity contribution in [3.05, 3.63) is 78.0 Å². The molecule has 0 saturated carbocycles. The fourth-order valence-corrected chi connectivity index (χ4v) is 5.38. The van der Waals surface area contributed by atoms with Gasteiger partial charge in [0.15, 0.2) is 0 Å². The molecule has 4 nitrogen and oxygen atoms in total. The van der Waals surface area contributed by atoms with Gasteiger partial charge in [0.05, 0.1) is 17.7 Å². The van der Waals surface area contributed by atoms with Crippen LogP contribution >= 0.6 is 0 Å². The number of likely N-dealkylation sites (tertiary alicyclic amines) is 1. The number of hydrogen-bond acceptors (Lipinski definition) is 4. The van der Waals surface area contributed by atoms with Crippen molar-refractivity contribution < 1.29 is 5.11 Å². The highest BCUT2D eigenvalue weighted by Crippen LogP contribution is 2.51. The Morgan fingerprint density at radius 2 is 1.93 bits per heavy atom. The van der Waals surface area contributed by atoms with Crippen molar-refractivity contribution in [2.24, 2.45) is 11.8 Å². The monoisotopic (exact) mass is 359 g/mol. The zero-order valence-electron chi connectivity index (χ0n) is 15.5. The summed E-state index contributed by atoms with van der Waals surface area (Å²) in [5.74, 6) is 0.819. The molecule has 2 aliphatic heterocycles. The molecule has 5 rings (SSSR count). The maximum Gasteiger partial charge on any atom is 0.0718 e. The fraction of sp³-hybridized carbons (Fsp3) is 0.348. The molecule has 0 bridgehead atoms. The first kappa shape index (κ1) is 16.9. The van der Waals surface area contributed by atoms with E-state index in [0.717, 1.165) is 18.6 Å². The zero-order chi connectivity index (χ0) is 18.4. The van der Waals surface area contributed by atoms with Crippen LogP contribution in [-0.2, 0) is 5.54 Å². The molecule has 2 saturated heterocycles. The molecule has 2 fully saturated rings. The lowest BCUT2D eigenvalue weighted by Crippen LogP contribution is -2.47. The molecule has 4 heteroatoms. The lowest BCUT2D eigenvalue weighted by molar-refractivity contribution is 0.129. The molecule has 0 radical (unpaired) electrons. The number of fused-ring (bicyclic) bond motifs is 2. The van der Waals surface area contributed by atoms with Gasteiger partial charge in [0.2, 0.25) is 0 Å². The van der Waals surface area contributed by atoms with Gasteiger partial charge in [0.1, 0.15) is 0 Å². The van der Waals surface area contributed by atoms with Crippen LogP contribution in [0.1, 0.15) is 17.2 Å². The lowest BCUT2D eigenvalue weighted by Gasteiger charge is -2.35. The van der Waals surface area contributed by atoms with E-state index in [9.17, 15) is 5.11 Å². The first-order valence-electron chi connectivity index (χ1n) is 9.69. The van der Waals surface area contributed by atoms with E-state index in [0.29, 0.717) is 11.8 Å². The van der Waals surface area contributed by atoms with E-state index in [1.165, 1.54) is 16.5 Å². The van der Waals surface area contributed by atoms with Gasteiger partial charge in [-0.2, -0.15) is 0 Å². The molecular formula is C23H25N3O. The molecule has 2 aliphatic rings. The number of aromatic nitrogens is 1. The van der Waals surface area contributed by atoms with E-state index >= 15 is 0 Å². The number of pyridine rings is 1. The van der Waals surface area contributed by atoms with Crippen LogP contribution in [0, 0.1) is 11.8 Å². The Bertz CT molecular complexity index is 955. The zero-order valence-corrected chi connectivity index (χ0v) is 15.5. The summed E-state index contributed by atoms with van der Waals surface area (Å²) in [7, 11) is 2.19. The predicted octanol–water partition coefficient (Wildman–Crippen LogP) is 2.94. The Morgan fingerprint density at radius 3 is 2.74 bits per heavy atom. The van der Waals surface area contributed by atoms with Crippen molar-refractivity contribution >= 4 is 10.9 Å². The van der Waals surface area contributed by atoms with Crippen molar-refractivity contribution in [2.75, 3.05) is 26.7 Å². The van der Waals surface area contributed by atoms with Gasteiger partial charge in [-0.3, -0.25) is 10.3 Å². The van der Waals surface area contributed by atoms with Crippen molar-refractivity contribution in [3.63, 3.8) is 0 Å². The molecule has 27 heavy (non-hydrogen) atoms. The Hall–Kier alpha value is -2.27. The fourth-order valence-electron chi connectivity index (χ4n) is 5.38. The maximum absolute atomic E-state index is 10.6. The summed E-state index contributed by atoms with van der Waals surface area (Å²) >= 11 is 0. The van der Waals surface area contributed by atoms with E-state index < -0.39 is 5.54 Å². The quantitative estimate of drug-likeness (QED) is 0.755. The number of aliphatic hydroxyl groups is 1. The number of benzene rings is 2. The summed E-state index contributed by atoms with van der Waals surface area (Å²) in [5.41, 5.74) is 3.09. The van der Waals surface area contributed by atoms with Crippen molar-refractivity contribution in [2.45, 2.75) is 11.6 Å². The number of rotatable bonds is 3. The van der Waals surface area contributed by atoms with Crippen molar-refractivity contribution in [1.29, 1.82) is 0 Å². The minimum Gasteiger partial charge on any atom is -0.394 e. The van der Waals surface area contributed by atoms with E-state index in [1.807, 2.05) is 18.3 Å². The Balaban J connectivity index is 1.66. The minimum atomic E-state index is -0.411. The van der Waals surface area contributed by atoms with E-state index in [1.54, 1.807) is 0 Å². The molecule has 4 atom stereocenters. The summed E-state index contributed by atoms with van der Waals surface area (Å²) in [6.45, 7) is 2.13. The van der Waals surface area contributed by atoms with Gasteiger partial charge in [0.25, 0.3) is 0 Å². The second kappa shape index (κ2) is 6.41. The lowest BCUT2D eigenvalue weighted by atomic mass is 9.76. The van der Waals surface area contributed by atoms with Crippen molar-refractivity contribution in [1.82, 2.24) is 15.2 Å². The van der Waals surface area contributed by atoms with Crippen LogP contribution in [-0.4, -0.2) is 41.7 Å². The minimum absolute atomic E-state index is 0.103. The van der Waals surface area contributed by atoms with Gasteiger partial charge in [-0.15, -0.1) is 0 Å². The van der Waals surface area contributed by atoms with Crippen LogP contribution in [0.4, 0.5) is 0 Å². The molecule has 2 aromatic carbocycles. The van der Waals surface area contributed by atoms with Crippen LogP contribution in [0.3, 0.4) is 0 Å². The molecule has 0 aliphatic carbocycles. The molecule has 1 aromatic heterocycles. The smallest absolute Gasteiger partial charge is 0.0718 e. The van der Waals surface area contributed by atoms with Crippen LogP contribution in [0.2, 0.25) is 0 Å². The van der Waals surface area contributed by atoms with Crippen LogP contribution in [0.25, 0.3) is 10.9 Å². The molecule has 3 heterocycles. The first-order chi connectivity index (χ1) is 13.2. The average molecular weight is 359 g/mol. The summed E-state index contributed by atoms with van der Waals surface area (Å²) in [5, 5.41) is 15.7. The SMILES string of the molecule is CN1C[C@H]2[C@@H](c3cccc4ncccc34)N[C@](CO)(c3ccccc3)[C@H]2C1.